The van der Waals surface area contributed by atoms with Crippen molar-refractivity contribution in [2.75, 3.05) is 0 Å². The van der Waals surface area contributed by atoms with E-state index in [1.54, 1.807) is 6.20 Å². The van der Waals surface area contributed by atoms with Crippen molar-refractivity contribution in [2.24, 2.45) is 5.73 Å². The van der Waals surface area contributed by atoms with Crippen molar-refractivity contribution in [3.63, 3.8) is 0 Å². The molecule has 0 radical (unpaired) electrons. The minimum atomic E-state index is -0.496. The zero-order valence-corrected chi connectivity index (χ0v) is 13.2. The Morgan fingerprint density at radius 3 is 2.33 bits per heavy atom. The summed E-state index contributed by atoms with van der Waals surface area (Å²) < 4.78 is 0. The number of nitrogens with zero attached hydrogens (tertiary/aromatic N) is 1. The molecule has 3 N–H and O–H groups in total. The average molecular weight is 317 g/mol. The van der Waals surface area contributed by atoms with Crippen molar-refractivity contribution in [1.29, 1.82) is 0 Å². The van der Waals surface area contributed by atoms with E-state index >= 15 is 0 Å². The Morgan fingerprint density at radius 1 is 0.958 bits per heavy atom. The molecule has 0 saturated heterocycles. The molecule has 0 unspecified atom stereocenters. The molecule has 0 spiro atoms. The summed E-state index contributed by atoms with van der Waals surface area (Å²) in [5, 5.41) is 3.22. The van der Waals surface area contributed by atoms with Gasteiger partial charge in [0.1, 0.15) is 6.04 Å². The van der Waals surface area contributed by atoms with Crippen LogP contribution in [0.3, 0.4) is 0 Å². The van der Waals surface area contributed by atoms with Crippen LogP contribution in [0.15, 0.2) is 79.1 Å². The molecule has 0 fully saturated rings. The zero-order valence-electron chi connectivity index (χ0n) is 13.2. The topological polar surface area (TPSA) is 68.0 Å². The molecule has 4 nitrogen and oxygen atoms in total. The third-order valence-electron chi connectivity index (χ3n) is 3.88. The highest BCUT2D eigenvalue weighted by Gasteiger charge is 2.16. The van der Waals surface area contributed by atoms with Crippen molar-refractivity contribution >= 4 is 5.91 Å². The van der Waals surface area contributed by atoms with E-state index in [1.165, 1.54) is 0 Å². The van der Waals surface area contributed by atoms with E-state index in [9.17, 15) is 4.79 Å². The smallest absolute Gasteiger partial charge is 0.239 e. The SMILES string of the molecule is NC(=O)[C@@H](NCc1ccc(-c2cccnc2)cc1)c1ccccc1. The van der Waals surface area contributed by atoms with Gasteiger partial charge in [-0.15, -0.1) is 0 Å². The van der Waals surface area contributed by atoms with Crippen LogP contribution in [0.2, 0.25) is 0 Å². The maximum atomic E-state index is 11.7. The summed E-state index contributed by atoms with van der Waals surface area (Å²) in [6, 6.07) is 21.1. The number of carbonyl (C=O) groups excluding carboxylic acids is 1. The summed E-state index contributed by atoms with van der Waals surface area (Å²) >= 11 is 0. The molecule has 4 heteroatoms. The number of primary amides is 1. The second-order valence-electron chi connectivity index (χ2n) is 5.57. The van der Waals surface area contributed by atoms with E-state index in [4.69, 9.17) is 5.73 Å². The van der Waals surface area contributed by atoms with Crippen LogP contribution in [0.5, 0.6) is 0 Å². The number of hydrogen-bond donors (Lipinski definition) is 2. The second kappa shape index (κ2) is 7.53. The van der Waals surface area contributed by atoms with Crippen LogP contribution in [0.25, 0.3) is 11.1 Å². The van der Waals surface area contributed by atoms with Gasteiger partial charge in [0, 0.05) is 18.9 Å². The van der Waals surface area contributed by atoms with Crippen LogP contribution < -0.4 is 11.1 Å². The Morgan fingerprint density at radius 2 is 1.71 bits per heavy atom. The predicted molar refractivity (Wildman–Crippen MR) is 94.9 cm³/mol. The Balaban J connectivity index is 1.69. The molecule has 0 aliphatic carbocycles. The van der Waals surface area contributed by atoms with Gasteiger partial charge in [0.2, 0.25) is 5.91 Å². The summed E-state index contributed by atoms with van der Waals surface area (Å²) in [5.74, 6) is -0.381. The van der Waals surface area contributed by atoms with Crippen LogP contribution in [0.1, 0.15) is 17.2 Å². The quantitative estimate of drug-likeness (QED) is 0.734. The van der Waals surface area contributed by atoms with Crippen molar-refractivity contribution in [1.82, 2.24) is 10.3 Å². The van der Waals surface area contributed by atoms with Gasteiger partial charge in [0.15, 0.2) is 0 Å². The first-order valence-electron chi connectivity index (χ1n) is 7.81. The summed E-state index contributed by atoms with van der Waals surface area (Å²) in [6.45, 7) is 0.565. The maximum Gasteiger partial charge on any atom is 0.239 e. The lowest BCUT2D eigenvalue weighted by Gasteiger charge is -2.16. The highest BCUT2D eigenvalue weighted by molar-refractivity contribution is 5.81. The fourth-order valence-corrected chi connectivity index (χ4v) is 2.60. The van der Waals surface area contributed by atoms with E-state index in [0.29, 0.717) is 6.54 Å². The molecule has 0 saturated carbocycles. The predicted octanol–water partition coefficient (Wildman–Crippen LogP) is 3.06. The van der Waals surface area contributed by atoms with Crippen molar-refractivity contribution < 1.29 is 4.79 Å². The first-order chi connectivity index (χ1) is 11.7. The van der Waals surface area contributed by atoms with E-state index in [-0.39, 0.29) is 5.91 Å². The second-order valence-corrected chi connectivity index (χ2v) is 5.57. The third kappa shape index (κ3) is 3.86. The van der Waals surface area contributed by atoms with E-state index in [2.05, 4.69) is 22.4 Å². The number of pyridine rings is 1. The number of carbonyl (C=O) groups is 1. The number of rotatable bonds is 6. The molecule has 0 aliphatic rings. The Hall–Kier alpha value is -2.98. The minimum Gasteiger partial charge on any atom is -0.368 e. The summed E-state index contributed by atoms with van der Waals surface area (Å²) in [6.07, 6.45) is 3.60. The highest BCUT2D eigenvalue weighted by atomic mass is 16.1. The van der Waals surface area contributed by atoms with Crippen LogP contribution in [0, 0.1) is 0 Å². The molecule has 24 heavy (non-hydrogen) atoms. The van der Waals surface area contributed by atoms with Gasteiger partial charge in [0.25, 0.3) is 0 Å². The van der Waals surface area contributed by atoms with Gasteiger partial charge in [-0.25, -0.2) is 0 Å². The molecule has 2 aromatic carbocycles. The Labute approximate surface area is 141 Å². The fourth-order valence-electron chi connectivity index (χ4n) is 2.60. The minimum absolute atomic E-state index is 0.381. The molecule has 1 heterocycles. The maximum absolute atomic E-state index is 11.7. The monoisotopic (exact) mass is 317 g/mol. The number of nitrogens with two attached hydrogens (primary N) is 1. The zero-order chi connectivity index (χ0) is 16.8. The first kappa shape index (κ1) is 15.9. The lowest BCUT2D eigenvalue weighted by Crippen LogP contribution is -2.33. The molecule has 1 aromatic heterocycles. The third-order valence-corrected chi connectivity index (χ3v) is 3.88. The molecular weight excluding hydrogens is 298 g/mol. The fraction of sp³-hybridized carbons (Fsp3) is 0.100. The molecule has 0 aliphatic heterocycles. The van der Waals surface area contributed by atoms with Crippen molar-refractivity contribution in [3.05, 3.63) is 90.3 Å². The van der Waals surface area contributed by atoms with Crippen LogP contribution in [-0.2, 0) is 11.3 Å². The average Bonchev–Trinajstić information content (AvgIpc) is 2.64. The van der Waals surface area contributed by atoms with E-state index in [0.717, 1.165) is 22.3 Å². The van der Waals surface area contributed by atoms with Crippen molar-refractivity contribution in [2.45, 2.75) is 12.6 Å². The summed E-state index contributed by atoms with van der Waals surface area (Å²) in [4.78, 5) is 15.8. The van der Waals surface area contributed by atoms with Gasteiger partial charge in [-0.1, -0.05) is 60.7 Å². The number of aromatic nitrogens is 1. The van der Waals surface area contributed by atoms with Crippen molar-refractivity contribution in [3.8, 4) is 11.1 Å². The molecule has 120 valence electrons. The van der Waals surface area contributed by atoms with Gasteiger partial charge >= 0.3 is 0 Å². The molecule has 0 bridgehead atoms. The molecule has 3 aromatic rings. The van der Waals surface area contributed by atoms with Gasteiger partial charge in [0.05, 0.1) is 0 Å². The normalized spacial score (nSPS) is 11.8. The lowest BCUT2D eigenvalue weighted by atomic mass is 10.0. The largest absolute Gasteiger partial charge is 0.368 e. The van der Waals surface area contributed by atoms with E-state index < -0.39 is 6.04 Å². The highest BCUT2D eigenvalue weighted by Crippen LogP contribution is 2.19. The van der Waals surface area contributed by atoms with Crippen LogP contribution in [-0.4, -0.2) is 10.9 Å². The number of hydrogen-bond acceptors (Lipinski definition) is 3. The number of nitrogens with one attached hydrogen (secondary N) is 1. The Bertz CT molecular complexity index is 786. The lowest BCUT2D eigenvalue weighted by molar-refractivity contribution is -0.120. The molecule has 1 atom stereocenters. The van der Waals surface area contributed by atoms with Gasteiger partial charge in [-0.3, -0.25) is 15.1 Å². The van der Waals surface area contributed by atoms with Crippen LogP contribution in [0.4, 0.5) is 0 Å². The van der Waals surface area contributed by atoms with Gasteiger partial charge in [-0.2, -0.15) is 0 Å². The molecular formula is C20H19N3O. The number of benzene rings is 2. The van der Waals surface area contributed by atoms with E-state index in [1.807, 2.05) is 60.8 Å². The van der Waals surface area contributed by atoms with Crippen LogP contribution >= 0.6 is 0 Å². The van der Waals surface area contributed by atoms with Gasteiger partial charge < -0.3 is 5.73 Å². The van der Waals surface area contributed by atoms with Gasteiger partial charge in [-0.05, 0) is 28.3 Å². The first-order valence-corrected chi connectivity index (χ1v) is 7.81. The summed E-state index contributed by atoms with van der Waals surface area (Å²) in [7, 11) is 0. The summed E-state index contributed by atoms with van der Waals surface area (Å²) in [5.41, 5.74) is 9.68. The Kier molecular flexibility index (Phi) is 4.99. The molecule has 1 amide bonds. The molecule has 3 rings (SSSR count). The number of amides is 1. The standard InChI is InChI=1S/C20H19N3O/c21-20(24)19(17-5-2-1-3-6-17)23-13-15-8-10-16(11-9-15)18-7-4-12-22-14-18/h1-12,14,19,23H,13H2,(H2,21,24)/t19-/m0/s1.